The van der Waals surface area contributed by atoms with Crippen LogP contribution in [0.25, 0.3) is 0 Å². The third-order valence-electron chi connectivity index (χ3n) is 4.21. The molecule has 2 aromatic rings. The fourth-order valence-corrected chi connectivity index (χ4v) is 2.97. The molecule has 0 radical (unpaired) electrons. The summed E-state index contributed by atoms with van der Waals surface area (Å²) in [5, 5.41) is 0. The Morgan fingerprint density at radius 3 is 2.28 bits per heavy atom. The molecule has 132 valence electrons. The molecule has 1 aromatic carbocycles. The van der Waals surface area contributed by atoms with Gasteiger partial charge < -0.3 is 19.0 Å². The number of hydrogen-bond donors (Lipinski definition) is 0. The number of nitrogens with zero attached hydrogens (tertiary/aromatic N) is 2. The van der Waals surface area contributed by atoms with Crippen LogP contribution in [0.1, 0.15) is 21.7 Å². The number of benzene rings is 1. The fraction of sp³-hybridized carbons (Fsp3) is 0.368. The first kappa shape index (κ1) is 17.1. The Labute approximate surface area is 147 Å². The van der Waals surface area contributed by atoms with Gasteiger partial charge in [-0.3, -0.25) is 9.59 Å². The third kappa shape index (κ3) is 4.21. The first-order valence-electron chi connectivity index (χ1n) is 8.34. The first-order valence-corrected chi connectivity index (χ1v) is 8.34. The molecule has 6 heteroatoms. The number of amides is 2. The molecule has 0 bridgehead atoms. The molecule has 25 heavy (non-hydrogen) atoms. The van der Waals surface area contributed by atoms with E-state index >= 15 is 0 Å². The quantitative estimate of drug-likeness (QED) is 0.855. The summed E-state index contributed by atoms with van der Waals surface area (Å²) >= 11 is 0. The summed E-state index contributed by atoms with van der Waals surface area (Å²) in [5.74, 6) is 0.836. The van der Waals surface area contributed by atoms with E-state index in [2.05, 4.69) is 6.07 Å². The summed E-state index contributed by atoms with van der Waals surface area (Å²) < 4.78 is 10.8. The minimum absolute atomic E-state index is 0.00895. The number of piperazine rings is 1. The van der Waals surface area contributed by atoms with Crippen LogP contribution in [0, 0.1) is 13.8 Å². The molecule has 1 aliphatic rings. The maximum atomic E-state index is 12.3. The Balaban J connectivity index is 1.49. The van der Waals surface area contributed by atoms with E-state index in [-0.39, 0.29) is 18.4 Å². The lowest BCUT2D eigenvalue weighted by atomic mass is 10.1. The van der Waals surface area contributed by atoms with Gasteiger partial charge in [-0.25, -0.2) is 0 Å². The topological polar surface area (TPSA) is 63.0 Å². The molecule has 0 atom stereocenters. The molecule has 3 rings (SSSR count). The van der Waals surface area contributed by atoms with Gasteiger partial charge in [0, 0.05) is 26.2 Å². The summed E-state index contributed by atoms with van der Waals surface area (Å²) in [7, 11) is 0. The maximum Gasteiger partial charge on any atom is 0.289 e. The van der Waals surface area contributed by atoms with Crippen molar-refractivity contribution in [1.29, 1.82) is 0 Å². The molecular weight excluding hydrogens is 320 g/mol. The molecular formula is C19H22N2O4. The Kier molecular flexibility index (Phi) is 5.07. The van der Waals surface area contributed by atoms with Crippen LogP contribution in [-0.4, -0.2) is 54.4 Å². The summed E-state index contributed by atoms with van der Waals surface area (Å²) in [5.41, 5.74) is 2.21. The van der Waals surface area contributed by atoms with Gasteiger partial charge in [0.05, 0.1) is 6.26 Å². The fourth-order valence-electron chi connectivity index (χ4n) is 2.97. The predicted molar refractivity (Wildman–Crippen MR) is 92.6 cm³/mol. The highest BCUT2D eigenvalue weighted by Crippen LogP contribution is 2.16. The second kappa shape index (κ2) is 7.42. The van der Waals surface area contributed by atoms with E-state index in [0.29, 0.717) is 37.7 Å². The Morgan fingerprint density at radius 2 is 1.68 bits per heavy atom. The van der Waals surface area contributed by atoms with Crippen molar-refractivity contribution in [2.24, 2.45) is 0 Å². The van der Waals surface area contributed by atoms with E-state index in [1.165, 1.54) is 6.26 Å². The highest BCUT2D eigenvalue weighted by Gasteiger charge is 2.26. The van der Waals surface area contributed by atoms with Crippen molar-refractivity contribution in [2.45, 2.75) is 13.8 Å². The van der Waals surface area contributed by atoms with Gasteiger partial charge in [-0.05, 0) is 49.2 Å². The molecule has 1 aliphatic heterocycles. The smallest absolute Gasteiger partial charge is 0.289 e. The van der Waals surface area contributed by atoms with Crippen molar-refractivity contribution in [3.63, 3.8) is 0 Å². The largest absolute Gasteiger partial charge is 0.484 e. The van der Waals surface area contributed by atoms with E-state index in [4.69, 9.17) is 9.15 Å². The molecule has 2 heterocycles. The van der Waals surface area contributed by atoms with E-state index in [1.54, 1.807) is 21.9 Å². The highest BCUT2D eigenvalue weighted by molar-refractivity contribution is 5.91. The van der Waals surface area contributed by atoms with Crippen molar-refractivity contribution in [1.82, 2.24) is 9.80 Å². The average molecular weight is 342 g/mol. The van der Waals surface area contributed by atoms with Crippen LogP contribution in [0.4, 0.5) is 0 Å². The number of hydrogen-bond acceptors (Lipinski definition) is 4. The second-order valence-corrected chi connectivity index (χ2v) is 6.26. The van der Waals surface area contributed by atoms with Crippen molar-refractivity contribution in [3.8, 4) is 5.75 Å². The minimum Gasteiger partial charge on any atom is -0.484 e. The van der Waals surface area contributed by atoms with Crippen LogP contribution in [0.3, 0.4) is 0 Å². The molecule has 0 N–H and O–H groups in total. The molecule has 1 saturated heterocycles. The number of furan rings is 1. The van der Waals surface area contributed by atoms with Crippen LogP contribution in [-0.2, 0) is 4.79 Å². The second-order valence-electron chi connectivity index (χ2n) is 6.26. The zero-order chi connectivity index (χ0) is 17.8. The number of rotatable bonds is 4. The van der Waals surface area contributed by atoms with Crippen molar-refractivity contribution < 1.29 is 18.7 Å². The Bertz CT molecular complexity index is 727. The van der Waals surface area contributed by atoms with Crippen LogP contribution >= 0.6 is 0 Å². The SMILES string of the molecule is Cc1cc(C)cc(OCC(=O)N2CCN(C(=O)c3ccco3)CC2)c1. The summed E-state index contributed by atoms with van der Waals surface area (Å²) in [6.07, 6.45) is 1.48. The summed E-state index contributed by atoms with van der Waals surface area (Å²) in [4.78, 5) is 28.0. The van der Waals surface area contributed by atoms with E-state index in [9.17, 15) is 9.59 Å². The number of aryl methyl sites for hydroxylation is 2. The summed E-state index contributed by atoms with van der Waals surface area (Å²) in [6.45, 7) is 6.00. The Morgan fingerprint density at radius 1 is 1.04 bits per heavy atom. The maximum absolute atomic E-state index is 12.3. The Hall–Kier alpha value is -2.76. The molecule has 0 aliphatic carbocycles. The monoisotopic (exact) mass is 342 g/mol. The van der Waals surface area contributed by atoms with Gasteiger partial charge >= 0.3 is 0 Å². The first-order chi connectivity index (χ1) is 12.0. The number of carbonyl (C=O) groups excluding carboxylic acids is 2. The number of ether oxygens (including phenoxy) is 1. The molecule has 0 saturated carbocycles. The zero-order valence-corrected chi connectivity index (χ0v) is 14.5. The van der Waals surface area contributed by atoms with Crippen molar-refractivity contribution in [3.05, 3.63) is 53.5 Å². The minimum atomic E-state index is -0.136. The molecule has 6 nitrogen and oxygen atoms in total. The molecule has 0 unspecified atom stereocenters. The van der Waals surface area contributed by atoms with Crippen LogP contribution in [0.2, 0.25) is 0 Å². The summed E-state index contributed by atoms with van der Waals surface area (Å²) in [6, 6.07) is 9.24. The molecule has 1 fully saturated rings. The van der Waals surface area contributed by atoms with Gasteiger partial charge in [0.25, 0.3) is 11.8 Å². The van der Waals surface area contributed by atoms with Gasteiger partial charge in [0.15, 0.2) is 12.4 Å². The van der Waals surface area contributed by atoms with Crippen LogP contribution in [0.5, 0.6) is 5.75 Å². The standard InChI is InChI=1S/C19H22N2O4/c1-14-10-15(2)12-16(11-14)25-13-18(22)20-5-7-21(8-6-20)19(23)17-4-3-9-24-17/h3-4,9-12H,5-8,13H2,1-2H3. The van der Waals surface area contributed by atoms with E-state index < -0.39 is 0 Å². The lowest BCUT2D eigenvalue weighted by molar-refractivity contribution is -0.134. The lowest BCUT2D eigenvalue weighted by Crippen LogP contribution is -2.51. The van der Waals surface area contributed by atoms with Crippen molar-refractivity contribution in [2.75, 3.05) is 32.8 Å². The highest BCUT2D eigenvalue weighted by atomic mass is 16.5. The molecule has 1 aromatic heterocycles. The van der Waals surface area contributed by atoms with E-state index in [1.807, 2.05) is 26.0 Å². The predicted octanol–water partition coefficient (Wildman–Crippen LogP) is 2.26. The van der Waals surface area contributed by atoms with Gasteiger partial charge in [0.2, 0.25) is 0 Å². The van der Waals surface area contributed by atoms with Crippen molar-refractivity contribution >= 4 is 11.8 Å². The van der Waals surface area contributed by atoms with Crippen LogP contribution in [0.15, 0.2) is 41.0 Å². The molecule has 2 amide bonds. The third-order valence-corrected chi connectivity index (χ3v) is 4.21. The van der Waals surface area contributed by atoms with Gasteiger partial charge in [-0.15, -0.1) is 0 Å². The normalized spacial score (nSPS) is 14.5. The number of carbonyl (C=O) groups is 2. The average Bonchev–Trinajstić information content (AvgIpc) is 3.13. The lowest BCUT2D eigenvalue weighted by Gasteiger charge is -2.34. The van der Waals surface area contributed by atoms with Crippen LogP contribution < -0.4 is 4.74 Å². The molecule has 0 spiro atoms. The van der Waals surface area contributed by atoms with Gasteiger partial charge in [-0.2, -0.15) is 0 Å². The zero-order valence-electron chi connectivity index (χ0n) is 14.5. The van der Waals surface area contributed by atoms with Gasteiger partial charge in [0.1, 0.15) is 5.75 Å². The van der Waals surface area contributed by atoms with Gasteiger partial charge in [-0.1, -0.05) is 6.07 Å². The van der Waals surface area contributed by atoms with E-state index in [0.717, 1.165) is 11.1 Å².